The molecular weight excluding hydrogens is 356 g/mol. The van der Waals surface area contributed by atoms with Crippen molar-refractivity contribution in [1.82, 2.24) is 14.8 Å². The number of aromatic nitrogens is 3. The summed E-state index contributed by atoms with van der Waals surface area (Å²) in [5.74, 6) is 1.11. The summed E-state index contributed by atoms with van der Waals surface area (Å²) in [7, 11) is 0. The van der Waals surface area contributed by atoms with Gasteiger partial charge in [0.15, 0.2) is 18.1 Å². The van der Waals surface area contributed by atoms with Gasteiger partial charge in [0.05, 0.1) is 6.54 Å². The topological polar surface area (TPSA) is 78.3 Å². The summed E-state index contributed by atoms with van der Waals surface area (Å²) in [5.41, 5.74) is 2.63. The van der Waals surface area contributed by atoms with Crippen LogP contribution >= 0.6 is 0 Å². The highest BCUT2D eigenvalue weighted by molar-refractivity contribution is 5.91. The molecule has 28 heavy (non-hydrogen) atoms. The van der Waals surface area contributed by atoms with Crippen molar-refractivity contribution in [3.05, 3.63) is 66.2 Å². The Balaban J connectivity index is 1.33. The zero-order chi connectivity index (χ0) is 19.6. The maximum absolute atomic E-state index is 12.3. The van der Waals surface area contributed by atoms with Gasteiger partial charge in [0.2, 0.25) is 0 Å². The Labute approximate surface area is 163 Å². The van der Waals surface area contributed by atoms with Gasteiger partial charge in [-0.25, -0.2) is 9.67 Å². The summed E-state index contributed by atoms with van der Waals surface area (Å²) in [4.78, 5) is 16.2. The van der Waals surface area contributed by atoms with Crippen LogP contribution in [0.5, 0.6) is 11.5 Å². The maximum Gasteiger partial charge on any atom is 0.262 e. The minimum atomic E-state index is -0.252. The first kappa shape index (κ1) is 18.0. The number of para-hydroxylation sites is 1. The Kier molecular flexibility index (Phi) is 4.73. The molecule has 7 nitrogen and oxygen atoms in total. The molecule has 3 aromatic rings. The Morgan fingerprint density at radius 3 is 2.82 bits per heavy atom. The Hall–Kier alpha value is -3.35. The van der Waals surface area contributed by atoms with Crippen molar-refractivity contribution in [2.75, 3.05) is 11.9 Å². The predicted molar refractivity (Wildman–Crippen MR) is 105 cm³/mol. The lowest BCUT2D eigenvalue weighted by Crippen LogP contribution is -2.25. The largest absolute Gasteiger partial charge is 0.483 e. The molecule has 0 aliphatic carbocycles. The minimum absolute atomic E-state index is 0.0824. The van der Waals surface area contributed by atoms with Crippen LogP contribution in [-0.2, 0) is 17.8 Å². The van der Waals surface area contributed by atoms with Gasteiger partial charge in [-0.1, -0.05) is 24.3 Å². The fourth-order valence-electron chi connectivity index (χ4n) is 3.24. The minimum Gasteiger partial charge on any atom is -0.483 e. The number of nitrogens with one attached hydrogen (secondary N) is 1. The second kappa shape index (κ2) is 7.34. The average molecular weight is 378 g/mol. The molecule has 0 fully saturated rings. The van der Waals surface area contributed by atoms with E-state index < -0.39 is 0 Å². The summed E-state index contributed by atoms with van der Waals surface area (Å²) < 4.78 is 13.4. The molecule has 7 heteroatoms. The van der Waals surface area contributed by atoms with Crippen LogP contribution in [0.4, 0.5) is 5.69 Å². The number of benzene rings is 2. The summed E-state index contributed by atoms with van der Waals surface area (Å²) >= 11 is 0. The van der Waals surface area contributed by atoms with Crippen molar-refractivity contribution >= 4 is 11.6 Å². The summed E-state index contributed by atoms with van der Waals surface area (Å²) in [6.07, 6.45) is 3.99. The van der Waals surface area contributed by atoms with Crippen LogP contribution in [0.2, 0.25) is 0 Å². The molecule has 0 bridgehead atoms. The third-order valence-corrected chi connectivity index (χ3v) is 4.46. The third kappa shape index (κ3) is 4.14. The van der Waals surface area contributed by atoms with E-state index >= 15 is 0 Å². The molecular formula is C21H22N4O3. The van der Waals surface area contributed by atoms with Gasteiger partial charge < -0.3 is 14.8 Å². The van der Waals surface area contributed by atoms with Gasteiger partial charge in [-0.05, 0) is 37.6 Å². The van der Waals surface area contributed by atoms with E-state index in [2.05, 4.69) is 15.4 Å². The van der Waals surface area contributed by atoms with E-state index in [-0.39, 0.29) is 18.1 Å². The van der Waals surface area contributed by atoms with Crippen molar-refractivity contribution in [1.29, 1.82) is 0 Å². The summed E-state index contributed by atoms with van der Waals surface area (Å²) in [6, 6.07) is 13.4. The molecule has 0 unspecified atom stereocenters. The van der Waals surface area contributed by atoms with Gasteiger partial charge in [-0.15, -0.1) is 0 Å². The molecule has 1 aromatic heterocycles. The molecule has 2 aromatic carbocycles. The van der Waals surface area contributed by atoms with Crippen molar-refractivity contribution < 1.29 is 14.3 Å². The molecule has 0 atom stereocenters. The van der Waals surface area contributed by atoms with Crippen molar-refractivity contribution in [2.45, 2.75) is 32.4 Å². The molecule has 1 aliphatic rings. The number of nitrogens with zero attached hydrogens (tertiary/aromatic N) is 3. The van der Waals surface area contributed by atoms with E-state index in [0.717, 1.165) is 23.3 Å². The number of anilines is 1. The molecule has 1 N–H and O–H groups in total. The van der Waals surface area contributed by atoms with Gasteiger partial charge >= 0.3 is 0 Å². The van der Waals surface area contributed by atoms with Crippen LogP contribution in [-0.4, -0.2) is 32.9 Å². The monoisotopic (exact) mass is 378 g/mol. The number of rotatable bonds is 6. The third-order valence-electron chi connectivity index (χ3n) is 4.46. The Morgan fingerprint density at radius 2 is 2.07 bits per heavy atom. The number of hydrogen-bond donors (Lipinski definition) is 1. The first-order chi connectivity index (χ1) is 13.5. The summed E-state index contributed by atoms with van der Waals surface area (Å²) in [5, 5.41) is 6.92. The standard InChI is InChI=1S/C21H22N4O3/c1-21(2)10-16-4-3-5-18(20(16)28-21)27-12-19(26)24-17-8-6-15(7-9-17)11-25-14-22-13-23-25/h3-9,13-14H,10-12H2,1-2H3,(H,24,26). The highest BCUT2D eigenvalue weighted by Gasteiger charge is 2.32. The summed E-state index contributed by atoms with van der Waals surface area (Å²) in [6.45, 7) is 4.62. The van der Waals surface area contributed by atoms with Crippen molar-refractivity contribution in [3.63, 3.8) is 0 Å². The zero-order valence-electron chi connectivity index (χ0n) is 15.9. The van der Waals surface area contributed by atoms with Crippen LogP contribution in [0, 0.1) is 0 Å². The molecule has 0 saturated heterocycles. The quantitative estimate of drug-likeness (QED) is 0.713. The van der Waals surface area contributed by atoms with Gasteiger partial charge in [0, 0.05) is 17.7 Å². The van der Waals surface area contributed by atoms with Crippen LogP contribution in [0.25, 0.3) is 0 Å². The number of hydrogen-bond acceptors (Lipinski definition) is 5. The molecule has 2 heterocycles. The normalized spacial score (nSPS) is 14.2. The van der Waals surface area contributed by atoms with Gasteiger partial charge in [-0.2, -0.15) is 5.10 Å². The molecule has 1 amide bonds. The van der Waals surface area contributed by atoms with E-state index in [1.165, 1.54) is 6.33 Å². The number of carbonyl (C=O) groups excluding carboxylic acids is 1. The van der Waals surface area contributed by atoms with Crippen LogP contribution in [0.3, 0.4) is 0 Å². The fraction of sp³-hybridized carbons (Fsp3) is 0.286. The van der Waals surface area contributed by atoms with Crippen LogP contribution in [0.15, 0.2) is 55.1 Å². The molecule has 4 rings (SSSR count). The van der Waals surface area contributed by atoms with Gasteiger partial charge in [-0.3, -0.25) is 4.79 Å². The molecule has 0 radical (unpaired) electrons. The highest BCUT2D eigenvalue weighted by atomic mass is 16.5. The first-order valence-electron chi connectivity index (χ1n) is 9.13. The number of carbonyl (C=O) groups is 1. The van der Waals surface area contributed by atoms with Crippen molar-refractivity contribution in [2.24, 2.45) is 0 Å². The Bertz CT molecular complexity index is 966. The lowest BCUT2D eigenvalue weighted by molar-refractivity contribution is -0.118. The lowest BCUT2D eigenvalue weighted by Gasteiger charge is -2.18. The van der Waals surface area contributed by atoms with E-state index in [1.807, 2.05) is 56.3 Å². The molecule has 0 spiro atoms. The van der Waals surface area contributed by atoms with E-state index in [4.69, 9.17) is 9.47 Å². The van der Waals surface area contributed by atoms with Gasteiger partial charge in [0.1, 0.15) is 18.3 Å². The Morgan fingerprint density at radius 1 is 1.25 bits per heavy atom. The van der Waals surface area contributed by atoms with E-state index in [1.54, 1.807) is 11.0 Å². The van der Waals surface area contributed by atoms with E-state index in [0.29, 0.717) is 18.0 Å². The zero-order valence-corrected chi connectivity index (χ0v) is 15.9. The smallest absolute Gasteiger partial charge is 0.262 e. The van der Waals surface area contributed by atoms with Crippen LogP contribution < -0.4 is 14.8 Å². The predicted octanol–water partition coefficient (Wildman–Crippen LogP) is 3.06. The molecule has 1 aliphatic heterocycles. The number of amides is 1. The maximum atomic E-state index is 12.3. The second-order valence-corrected chi connectivity index (χ2v) is 7.41. The first-order valence-corrected chi connectivity index (χ1v) is 9.13. The van der Waals surface area contributed by atoms with Crippen molar-refractivity contribution in [3.8, 4) is 11.5 Å². The number of ether oxygens (including phenoxy) is 2. The molecule has 144 valence electrons. The highest BCUT2D eigenvalue weighted by Crippen LogP contribution is 2.41. The van der Waals surface area contributed by atoms with Crippen LogP contribution in [0.1, 0.15) is 25.0 Å². The molecule has 0 saturated carbocycles. The van der Waals surface area contributed by atoms with E-state index in [9.17, 15) is 4.79 Å². The lowest BCUT2D eigenvalue weighted by atomic mass is 10.0. The second-order valence-electron chi connectivity index (χ2n) is 7.41. The average Bonchev–Trinajstić information content (AvgIpc) is 3.27. The van der Waals surface area contributed by atoms with Gasteiger partial charge in [0.25, 0.3) is 5.91 Å². The SMILES string of the molecule is CC1(C)Cc2cccc(OCC(=O)Nc3ccc(Cn4cncn4)cc3)c2O1. The number of fused-ring (bicyclic) bond motifs is 1. The fourth-order valence-corrected chi connectivity index (χ4v) is 3.24.